The molecular weight excluding hydrogens is 810 g/mol. The number of aliphatic hydroxyl groups is 1. The van der Waals surface area contributed by atoms with Crippen molar-refractivity contribution in [3.63, 3.8) is 0 Å². The average molecular weight is 867 g/mol. The van der Waals surface area contributed by atoms with Crippen LogP contribution in [-0.2, 0) is 10.0 Å². The zero-order valence-electron chi connectivity index (χ0n) is 35.4. The van der Waals surface area contributed by atoms with Gasteiger partial charge in [-0.25, -0.2) is 18.1 Å². The molecule has 0 atom stereocenters. The second kappa shape index (κ2) is 17.4. The molecular formula is C47H56ClN7O5S. The standard InChI is InChI=1S/C47H56ClN7O5S/c1-31-24-37(28-50-44(31)49-27-32-14-18-47(4,57)19-15-32)61(58,59)53-45(56)38-13-12-36(25-43(38)60-42-7-5-6-41-40(42)29-51-52-41)55-22-20-54(21-23-55)30-34-16-17-46(2,3)26-39(34)33-8-10-35(48)11-9-33/h5-13,24-25,28-29,32,57H,14-23,26-27,30H2,1-4H3,(H,49,50)(H,51,52)(H,53,56)/t32-,47-. The molecule has 4 N–H and O–H groups in total. The molecule has 1 aliphatic heterocycles. The van der Waals surface area contributed by atoms with Crippen molar-refractivity contribution >= 4 is 55.5 Å². The summed E-state index contributed by atoms with van der Waals surface area (Å²) in [6, 6.07) is 20.6. The van der Waals surface area contributed by atoms with Crippen LogP contribution < -0.4 is 19.7 Å². The number of pyridine rings is 1. The third-order valence-corrected chi connectivity index (χ3v) is 14.3. The van der Waals surface area contributed by atoms with Gasteiger partial charge in [0.15, 0.2) is 0 Å². The second-order valence-corrected chi connectivity index (χ2v) is 20.3. The first-order valence-corrected chi connectivity index (χ1v) is 23.2. The van der Waals surface area contributed by atoms with Gasteiger partial charge < -0.3 is 20.1 Å². The van der Waals surface area contributed by atoms with Crippen LogP contribution in [0.5, 0.6) is 11.5 Å². The highest BCUT2D eigenvalue weighted by Crippen LogP contribution is 2.43. The SMILES string of the molecule is Cc1cc(S(=O)(=O)NC(=O)c2ccc(N3CCN(CC4=C(c5ccc(Cl)cc5)CC(C)(C)CC4)CC3)cc2Oc2cccc3[nH]ncc23)cnc1NC[C@H]1CC[C@](C)(O)CC1. The second-order valence-electron chi connectivity index (χ2n) is 18.2. The largest absolute Gasteiger partial charge is 0.456 e. The summed E-state index contributed by atoms with van der Waals surface area (Å²) in [7, 11) is -4.30. The van der Waals surface area contributed by atoms with Crippen molar-refractivity contribution in [1.82, 2.24) is 24.8 Å². The monoisotopic (exact) mass is 865 g/mol. The summed E-state index contributed by atoms with van der Waals surface area (Å²) in [5.41, 5.74) is 6.16. The van der Waals surface area contributed by atoms with Crippen LogP contribution in [0.1, 0.15) is 87.2 Å². The maximum Gasteiger partial charge on any atom is 0.268 e. The number of allylic oxidation sites excluding steroid dienone is 1. The Morgan fingerprint density at radius 1 is 0.967 bits per heavy atom. The van der Waals surface area contributed by atoms with Crippen LogP contribution in [0.3, 0.4) is 0 Å². The van der Waals surface area contributed by atoms with Crippen LogP contribution in [0.15, 0.2) is 89.6 Å². The maximum atomic E-state index is 14.0. The molecule has 322 valence electrons. The number of amides is 1. The lowest BCUT2D eigenvalue weighted by molar-refractivity contribution is 0.00975. The van der Waals surface area contributed by atoms with E-state index in [1.807, 2.05) is 43.3 Å². The van der Waals surface area contributed by atoms with E-state index < -0.39 is 21.5 Å². The van der Waals surface area contributed by atoms with E-state index in [9.17, 15) is 18.3 Å². The molecule has 0 radical (unpaired) electrons. The molecule has 3 aliphatic rings. The van der Waals surface area contributed by atoms with E-state index in [1.165, 1.54) is 29.0 Å². The average Bonchev–Trinajstić information content (AvgIpc) is 3.72. The highest BCUT2D eigenvalue weighted by molar-refractivity contribution is 7.90. The summed E-state index contributed by atoms with van der Waals surface area (Å²) in [6.07, 6.45) is 9.49. The highest BCUT2D eigenvalue weighted by Gasteiger charge is 2.31. The molecule has 2 aliphatic carbocycles. The van der Waals surface area contributed by atoms with Crippen molar-refractivity contribution in [3.8, 4) is 11.5 Å². The Labute approximate surface area is 363 Å². The molecule has 1 saturated carbocycles. The molecule has 2 aromatic heterocycles. The van der Waals surface area contributed by atoms with Gasteiger partial charge in [0.25, 0.3) is 15.9 Å². The van der Waals surface area contributed by atoms with Crippen LogP contribution in [0.4, 0.5) is 11.5 Å². The zero-order valence-corrected chi connectivity index (χ0v) is 37.0. The predicted molar refractivity (Wildman–Crippen MR) is 242 cm³/mol. The molecule has 12 nitrogen and oxygen atoms in total. The summed E-state index contributed by atoms with van der Waals surface area (Å²) in [4.78, 5) is 23.1. The Morgan fingerprint density at radius 2 is 1.72 bits per heavy atom. The lowest BCUT2D eigenvalue weighted by Crippen LogP contribution is -2.47. The number of H-pyrrole nitrogens is 1. The minimum absolute atomic E-state index is 0.0720. The summed E-state index contributed by atoms with van der Waals surface area (Å²) >= 11 is 6.25. The fraction of sp³-hybridized carbons (Fsp3) is 0.426. The normalized spacial score (nSPS) is 21.1. The van der Waals surface area contributed by atoms with Crippen LogP contribution in [0, 0.1) is 18.3 Å². The van der Waals surface area contributed by atoms with Gasteiger partial charge in [-0.3, -0.25) is 14.8 Å². The van der Waals surface area contributed by atoms with E-state index >= 15 is 0 Å². The number of sulfonamides is 1. The summed E-state index contributed by atoms with van der Waals surface area (Å²) in [5, 5.41) is 22.2. The van der Waals surface area contributed by atoms with Crippen molar-refractivity contribution in [2.24, 2.45) is 11.3 Å². The summed E-state index contributed by atoms with van der Waals surface area (Å²) in [6.45, 7) is 13.2. The van der Waals surface area contributed by atoms with Crippen LogP contribution in [0.2, 0.25) is 5.02 Å². The third kappa shape index (κ3) is 10.1. The Balaban J connectivity index is 0.981. The number of aromatic nitrogens is 3. The predicted octanol–water partition coefficient (Wildman–Crippen LogP) is 8.97. The van der Waals surface area contributed by atoms with E-state index in [-0.39, 0.29) is 21.6 Å². The Morgan fingerprint density at radius 3 is 2.46 bits per heavy atom. The van der Waals surface area contributed by atoms with Gasteiger partial charge >= 0.3 is 0 Å². The quantitative estimate of drug-likeness (QED) is 0.0957. The number of anilines is 2. The number of rotatable bonds is 12. The van der Waals surface area contributed by atoms with E-state index in [2.05, 4.69) is 61.0 Å². The molecule has 61 heavy (non-hydrogen) atoms. The van der Waals surface area contributed by atoms with Gasteiger partial charge in [-0.05, 0) is 129 Å². The fourth-order valence-electron chi connectivity index (χ4n) is 8.89. The number of nitrogens with one attached hydrogen (secondary N) is 3. The van der Waals surface area contributed by atoms with E-state index in [0.717, 1.165) is 99.3 Å². The molecule has 1 saturated heterocycles. The van der Waals surface area contributed by atoms with Crippen LogP contribution >= 0.6 is 11.6 Å². The molecule has 8 rings (SSSR count). The molecule has 14 heteroatoms. The van der Waals surface area contributed by atoms with Crippen molar-refractivity contribution in [3.05, 3.63) is 106 Å². The van der Waals surface area contributed by atoms with E-state index in [1.54, 1.807) is 25.3 Å². The van der Waals surface area contributed by atoms with Crippen molar-refractivity contribution in [2.75, 3.05) is 49.5 Å². The lowest BCUT2D eigenvalue weighted by atomic mass is 9.72. The Hall–Kier alpha value is -4.95. The van der Waals surface area contributed by atoms with Gasteiger partial charge in [0.05, 0.1) is 28.3 Å². The maximum absolute atomic E-state index is 14.0. The van der Waals surface area contributed by atoms with Gasteiger partial charge in [0.2, 0.25) is 0 Å². The molecule has 0 spiro atoms. The smallest absolute Gasteiger partial charge is 0.268 e. The minimum atomic E-state index is -4.30. The molecule has 3 aromatic carbocycles. The molecule has 3 heterocycles. The van der Waals surface area contributed by atoms with Gasteiger partial charge in [-0.1, -0.05) is 49.2 Å². The highest BCUT2D eigenvalue weighted by atomic mass is 35.5. The number of fused-ring (bicyclic) bond motifs is 1. The topological polar surface area (TPSA) is 153 Å². The van der Waals surface area contributed by atoms with Crippen molar-refractivity contribution in [2.45, 2.75) is 83.1 Å². The van der Waals surface area contributed by atoms with Crippen LogP contribution in [-0.4, -0.2) is 84.4 Å². The number of hydrogen-bond acceptors (Lipinski definition) is 10. The first-order chi connectivity index (χ1) is 29.1. The van der Waals surface area contributed by atoms with E-state index in [4.69, 9.17) is 16.3 Å². The number of aryl methyl sites for hydroxylation is 1. The first kappa shape index (κ1) is 42.7. The number of hydrogen-bond donors (Lipinski definition) is 4. The molecule has 1 amide bonds. The number of carbonyl (C=O) groups excluding carboxylic acids is 1. The Bertz CT molecular complexity index is 2540. The summed E-state index contributed by atoms with van der Waals surface area (Å²) < 4.78 is 36.1. The summed E-state index contributed by atoms with van der Waals surface area (Å²) in [5.74, 6) is 0.859. The number of nitrogens with zero attached hydrogens (tertiary/aromatic N) is 4. The number of benzene rings is 3. The van der Waals surface area contributed by atoms with Crippen LogP contribution in [0.25, 0.3) is 16.5 Å². The van der Waals surface area contributed by atoms with Gasteiger partial charge in [-0.15, -0.1) is 0 Å². The molecule has 0 bridgehead atoms. The zero-order chi connectivity index (χ0) is 42.9. The Kier molecular flexibility index (Phi) is 12.2. The third-order valence-electron chi connectivity index (χ3n) is 12.7. The van der Waals surface area contributed by atoms with Gasteiger partial charge in [-0.2, -0.15) is 5.10 Å². The number of carbonyl (C=O) groups is 1. The molecule has 5 aromatic rings. The molecule has 2 fully saturated rings. The number of aromatic amines is 1. The van der Waals surface area contributed by atoms with E-state index in [0.29, 0.717) is 29.6 Å². The fourth-order valence-corrected chi connectivity index (χ4v) is 10.0. The minimum Gasteiger partial charge on any atom is -0.456 e. The van der Waals surface area contributed by atoms with Gasteiger partial charge in [0, 0.05) is 62.2 Å². The number of ether oxygens (including phenoxy) is 1. The first-order valence-electron chi connectivity index (χ1n) is 21.3. The van der Waals surface area contributed by atoms with Crippen molar-refractivity contribution < 1.29 is 23.1 Å². The van der Waals surface area contributed by atoms with Gasteiger partial charge in [0.1, 0.15) is 22.2 Å². The number of piperazine rings is 1. The number of halogens is 1. The molecule has 0 unspecified atom stereocenters. The lowest BCUT2D eigenvalue weighted by Gasteiger charge is -2.39. The van der Waals surface area contributed by atoms with Crippen molar-refractivity contribution in [1.29, 1.82) is 0 Å².